The Bertz CT molecular complexity index is 443. The van der Waals surface area contributed by atoms with Crippen molar-refractivity contribution in [3.63, 3.8) is 0 Å². The van der Waals surface area contributed by atoms with Crippen molar-refractivity contribution in [2.24, 2.45) is 0 Å². The highest BCUT2D eigenvalue weighted by atomic mass is 16.4. The molecule has 0 unspecified atom stereocenters. The number of nitrogens with one attached hydrogen (secondary N) is 1. The average Bonchev–Trinajstić information content (AvgIpc) is 2.45. The van der Waals surface area contributed by atoms with Crippen LogP contribution in [0.4, 0.5) is 10.5 Å². The maximum Gasteiger partial charge on any atom is 0.321 e. The topological polar surface area (TPSA) is 69.6 Å². The van der Waals surface area contributed by atoms with Gasteiger partial charge in [-0.1, -0.05) is 19.1 Å². The molecule has 0 radical (unpaired) electrons. The maximum absolute atomic E-state index is 11.9. The standard InChI is InChI=1S/C15H22N2O3/c1-3-12-7-9-13(10-8-12)17(2)15(20)16-11-5-4-6-14(18)19/h7-10H,3-6,11H2,1-2H3,(H,16,20)(H,18,19). The number of carbonyl (C=O) groups is 2. The van der Waals surface area contributed by atoms with Gasteiger partial charge in [0.05, 0.1) is 0 Å². The lowest BCUT2D eigenvalue weighted by Crippen LogP contribution is -2.37. The maximum atomic E-state index is 11.9. The van der Waals surface area contributed by atoms with Crippen molar-refractivity contribution < 1.29 is 14.7 Å². The highest BCUT2D eigenvalue weighted by Crippen LogP contribution is 2.14. The summed E-state index contributed by atoms with van der Waals surface area (Å²) in [6.07, 6.45) is 2.36. The number of carbonyl (C=O) groups excluding carboxylic acids is 1. The first kappa shape index (κ1) is 16.0. The summed E-state index contributed by atoms with van der Waals surface area (Å²) >= 11 is 0. The molecule has 0 aliphatic heterocycles. The van der Waals surface area contributed by atoms with Crippen molar-refractivity contribution in [3.05, 3.63) is 29.8 Å². The van der Waals surface area contributed by atoms with Crippen LogP contribution in [0.25, 0.3) is 0 Å². The number of nitrogens with zero attached hydrogens (tertiary/aromatic N) is 1. The molecule has 0 saturated heterocycles. The van der Waals surface area contributed by atoms with E-state index < -0.39 is 5.97 Å². The van der Waals surface area contributed by atoms with Gasteiger partial charge in [-0.15, -0.1) is 0 Å². The molecule has 0 spiro atoms. The molecule has 5 nitrogen and oxygen atoms in total. The highest BCUT2D eigenvalue weighted by molar-refractivity contribution is 5.91. The number of amides is 2. The van der Waals surface area contributed by atoms with Gasteiger partial charge in [-0.2, -0.15) is 0 Å². The summed E-state index contributed by atoms with van der Waals surface area (Å²) in [5, 5.41) is 11.3. The summed E-state index contributed by atoms with van der Waals surface area (Å²) in [4.78, 5) is 23.8. The van der Waals surface area contributed by atoms with Crippen molar-refractivity contribution in [3.8, 4) is 0 Å². The van der Waals surface area contributed by atoms with Gasteiger partial charge >= 0.3 is 12.0 Å². The van der Waals surface area contributed by atoms with Gasteiger partial charge in [-0.3, -0.25) is 9.69 Å². The van der Waals surface area contributed by atoms with Crippen LogP contribution in [0.5, 0.6) is 0 Å². The molecule has 0 heterocycles. The summed E-state index contributed by atoms with van der Waals surface area (Å²) in [5.74, 6) is -0.801. The summed E-state index contributed by atoms with van der Waals surface area (Å²) < 4.78 is 0. The Kier molecular flexibility index (Phi) is 6.56. The van der Waals surface area contributed by atoms with E-state index in [0.29, 0.717) is 19.4 Å². The number of hydrogen-bond acceptors (Lipinski definition) is 2. The molecular formula is C15H22N2O3. The molecule has 2 N–H and O–H groups in total. The number of urea groups is 1. The van der Waals surface area contributed by atoms with Crippen LogP contribution in [0.15, 0.2) is 24.3 Å². The van der Waals surface area contributed by atoms with E-state index in [1.54, 1.807) is 11.9 Å². The molecule has 5 heteroatoms. The zero-order chi connectivity index (χ0) is 15.0. The molecule has 1 rings (SSSR count). The molecule has 0 fully saturated rings. The van der Waals surface area contributed by atoms with Crippen LogP contribution in [0.2, 0.25) is 0 Å². The molecule has 0 aromatic heterocycles. The van der Waals surface area contributed by atoms with Crippen LogP contribution in [-0.4, -0.2) is 30.7 Å². The zero-order valence-corrected chi connectivity index (χ0v) is 12.1. The van der Waals surface area contributed by atoms with Gasteiger partial charge in [0, 0.05) is 25.7 Å². The predicted molar refractivity (Wildman–Crippen MR) is 79.1 cm³/mol. The first-order chi connectivity index (χ1) is 9.54. The van der Waals surface area contributed by atoms with E-state index >= 15 is 0 Å². The number of aryl methyl sites for hydroxylation is 1. The fourth-order valence-corrected chi connectivity index (χ4v) is 1.79. The van der Waals surface area contributed by atoms with Gasteiger partial charge in [-0.25, -0.2) is 4.79 Å². The molecule has 0 saturated carbocycles. The third-order valence-electron chi connectivity index (χ3n) is 3.13. The fraction of sp³-hybridized carbons (Fsp3) is 0.467. The lowest BCUT2D eigenvalue weighted by molar-refractivity contribution is -0.137. The molecule has 20 heavy (non-hydrogen) atoms. The number of carboxylic acid groups (broad SMARTS) is 1. The van der Waals surface area contributed by atoms with E-state index in [1.807, 2.05) is 24.3 Å². The van der Waals surface area contributed by atoms with Gasteiger partial charge < -0.3 is 10.4 Å². The fourth-order valence-electron chi connectivity index (χ4n) is 1.79. The van der Waals surface area contributed by atoms with E-state index in [0.717, 1.165) is 12.1 Å². The van der Waals surface area contributed by atoms with Crippen LogP contribution >= 0.6 is 0 Å². The van der Waals surface area contributed by atoms with E-state index in [-0.39, 0.29) is 12.5 Å². The zero-order valence-electron chi connectivity index (χ0n) is 12.1. The number of hydrogen-bond donors (Lipinski definition) is 2. The third-order valence-corrected chi connectivity index (χ3v) is 3.13. The Hall–Kier alpha value is -2.04. The first-order valence-electron chi connectivity index (χ1n) is 6.87. The quantitative estimate of drug-likeness (QED) is 0.753. The molecule has 1 aromatic rings. The third kappa shape index (κ3) is 5.30. The lowest BCUT2D eigenvalue weighted by atomic mass is 10.1. The van der Waals surface area contributed by atoms with Crippen LogP contribution in [0, 0.1) is 0 Å². The van der Waals surface area contributed by atoms with Gasteiger partial charge in [0.15, 0.2) is 0 Å². The van der Waals surface area contributed by atoms with Crippen LogP contribution in [-0.2, 0) is 11.2 Å². The monoisotopic (exact) mass is 278 g/mol. The van der Waals surface area contributed by atoms with Crippen LogP contribution < -0.4 is 10.2 Å². The van der Waals surface area contributed by atoms with Crippen molar-refractivity contribution in [1.29, 1.82) is 0 Å². The van der Waals surface area contributed by atoms with E-state index in [1.165, 1.54) is 5.56 Å². The minimum atomic E-state index is -0.801. The van der Waals surface area contributed by atoms with Gasteiger partial charge in [-0.05, 0) is 37.0 Å². The summed E-state index contributed by atoms with van der Waals surface area (Å²) in [6, 6.07) is 7.67. The SMILES string of the molecule is CCc1ccc(N(C)C(=O)NCCCCC(=O)O)cc1. The van der Waals surface area contributed by atoms with Crippen molar-refractivity contribution >= 4 is 17.7 Å². The van der Waals surface area contributed by atoms with Gasteiger partial charge in [0.2, 0.25) is 0 Å². The molecule has 1 aromatic carbocycles. The minimum absolute atomic E-state index is 0.143. The first-order valence-corrected chi connectivity index (χ1v) is 6.87. The molecule has 0 aliphatic rings. The summed E-state index contributed by atoms with van der Waals surface area (Å²) in [5.41, 5.74) is 2.07. The van der Waals surface area contributed by atoms with E-state index in [4.69, 9.17) is 5.11 Å². The van der Waals surface area contributed by atoms with E-state index in [9.17, 15) is 9.59 Å². The van der Waals surface area contributed by atoms with Gasteiger partial charge in [0.1, 0.15) is 0 Å². The Morgan fingerprint density at radius 3 is 2.40 bits per heavy atom. The minimum Gasteiger partial charge on any atom is -0.481 e. The largest absolute Gasteiger partial charge is 0.481 e. The Morgan fingerprint density at radius 1 is 1.20 bits per heavy atom. The number of unbranched alkanes of at least 4 members (excludes halogenated alkanes) is 1. The Balaban J connectivity index is 2.36. The summed E-state index contributed by atoms with van der Waals surface area (Å²) in [6.45, 7) is 2.58. The normalized spacial score (nSPS) is 10.1. The second-order valence-electron chi connectivity index (χ2n) is 4.66. The molecule has 0 bridgehead atoms. The average molecular weight is 278 g/mol. The van der Waals surface area contributed by atoms with Crippen LogP contribution in [0.3, 0.4) is 0 Å². The Labute approximate surface area is 119 Å². The molecule has 2 amide bonds. The van der Waals surface area contributed by atoms with Crippen molar-refractivity contribution in [2.45, 2.75) is 32.6 Å². The van der Waals surface area contributed by atoms with Crippen molar-refractivity contribution in [1.82, 2.24) is 5.32 Å². The number of benzene rings is 1. The molecule has 0 atom stereocenters. The number of anilines is 1. The number of carboxylic acids is 1. The Morgan fingerprint density at radius 2 is 1.85 bits per heavy atom. The highest BCUT2D eigenvalue weighted by Gasteiger charge is 2.09. The second-order valence-corrected chi connectivity index (χ2v) is 4.66. The van der Waals surface area contributed by atoms with Crippen molar-refractivity contribution in [2.75, 3.05) is 18.5 Å². The molecular weight excluding hydrogens is 256 g/mol. The lowest BCUT2D eigenvalue weighted by Gasteiger charge is -2.18. The van der Waals surface area contributed by atoms with Crippen LogP contribution in [0.1, 0.15) is 31.7 Å². The molecule has 0 aliphatic carbocycles. The molecule has 110 valence electrons. The predicted octanol–water partition coefficient (Wildman–Crippen LogP) is 2.65. The van der Waals surface area contributed by atoms with Gasteiger partial charge in [0.25, 0.3) is 0 Å². The number of rotatable bonds is 7. The second kappa shape index (κ2) is 8.19. The summed E-state index contributed by atoms with van der Waals surface area (Å²) in [7, 11) is 1.72. The smallest absolute Gasteiger partial charge is 0.321 e. The van der Waals surface area contributed by atoms with E-state index in [2.05, 4.69) is 12.2 Å². The number of aliphatic carboxylic acids is 1.